The van der Waals surface area contributed by atoms with E-state index < -0.39 is 17.6 Å². The number of carbonyl (C=O) groups is 2. The second kappa shape index (κ2) is 6.13. The molecule has 1 heterocycles. The van der Waals surface area contributed by atoms with E-state index in [1.165, 1.54) is 32.4 Å². The van der Waals surface area contributed by atoms with Crippen LogP contribution in [-0.4, -0.2) is 30.9 Å². The Morgan fingerprint density at radius 2 is 1.83 bits per heavy atom. The van der Waals surface area contributed by atoms with E-state index in [0.717, 1.165) is 4.90 Å². The zero-order valence-corrected chi connectivity index (χ0v) is 13.7. The summed E-state index contributed by atoms with van der Waals surface area (Å²) in [5.74, 6) is -1.02. The molecular weight excluding hydrogens is 337 g/mol. The smallest absolute Gasteiger partial charge is 0.265 e. The largest absolute Gasteiger partial charge is 0.493 e. The van der Waals surface area contributed by atoms with Crippen molar-refractivity contribution in [3.05, 3.63) is 57.9 Å². The van der Waals surface area contributed by atoms with E-state index in [9.17, 15) is 14.0 Å². The molecule has 1 aliphatic rings. The summed E-state index contributed by atoms with van der Waals surface area (Å²) in [7, 11) is 2.84. The summed E-state index contributed by atoms with van der Waals surface area (Å²) in [5, 5.41) is -0.0208. The van der Waals surface area contributed by atoms with Crippen LogP contribution in [0.4, 0.5) is 4.39 Å². The Labute approximate surface area is 142 Å². The molecule has 0 spiro atoms. The highest BCUT2D eigenvalue weighted by Gasteiger charge is 2.39. The number of halogens is 2. The molecule has 3 rings (SSSR count). The summed E-state index contributed by atoms with van der Waals surface area (Å²) in [6.45, 7) is -0.0636. The highest BCUT2D eigenvalue weighted by molar-refractivity contribution is 6.30. The topological polar surface area (TPSA) is 55.8 Å². The first-order chi connectivity index (χ1) is 11.5. The standard InChI is InChI=1S/C17H13ClFNO4/c1-23-13-6-4-10-14(15(13)24-2)17(22)20(16(10)21)8-9-3-5-11(18)12(19)7-9/h3-7H,8H2,1-2H3. The van der Waals surface area contributed by atoms with E-state index in [-0.39, 0.29) is 28.4 Å². The van der Waals surface area contributed by atoms with Crippen molar-refractivity contribution in [3.8, 4) is 11.5 Å². The fourth-order valence-electron chi connectivity index (χ4n) is 2.65. The number of imide groups is 1. The molecule has 0 N–H and O–H groups in total. The van der Waals surface area contributed by atoms with Crippen LogP contribution in [0, 0.1) is 5.82 Å². The van der Waals surface area contributed by atoms with E-state index >= 15 is 0 Å². The molecule has 0 fully saturated rings. The highest BCUT2D eigenvalue weighted by atomic mass is 35.5. The summed E-state index contributed by atoms with van der Waals surface area (Å²) in [5.41, 5.74) is 0.834. The molecule has 124 valence electrons. The molecule has 1 aliphatic heterocycles. The minimum absolute atomic E-state index is 0.0208. The first-order valence-electron chi connectivity index (χ1n) is 7.03. The lowest BCUT2D eigenvalue weighted by molar-refractivity contribution is 0.0641. The SMILES string of the molecule is COc1ccc2c(c1OC)C(=O)N(Cc1ccc(Cl)c(F)c1)C2=O. The van der Waals surface area contributed by atoms with Crippen molar-refractivity contribution in [1.82, 2.24) is 4.90 Å². The number of nitrogens with zero attached hydrogens (tertiary/aromatic N) is 1. The number of fused-ring (bicyclic) bond motifs is 1. The third kappa shape index (κ3) is 2.49. The van der Waals surface area contributed by atoms with Crippen molar-refractivity contribution in [2.24, 2.45) is 0 Å². The number of hydrogen-bond acceptors (Lipinski definition) is 4. The van der Waals surface area contributed by atoms with Gasteiger partial charge in [0.05, 0.1) is 36.9 Å². The molecule has 7 heteroatoms. The van der Waals surface area contributed by atoms with Gasteiger partial charge in [-0.05, 0) is 29.8 Å². The first kappa shape index (κ1) is 16.3. The predicted molar refractivity (Wildman–Crippen MR) is 85.2 cm³/mol. The lowest BCUT2D eigenvalue weighted by Crippen LogP contribution is -2.29. The quantitative estimate of drug-likeness (QED) is 0.795. The molecule has 0 unspecified atom stereocenters. The number of ether oxygens (including phenoxy) is 2. The maximum absolute atomic E-state index is 13.6. The Balaban J connectivity index is 1.99. The molecule has 24 heavy (non-hydrogen) atoms. The maximum atomic E-state index is 13.6. The second-order valence-electron chi connectivity index (χ2n) is 5.17. The Hall–Kier alpha value is -2.60. The van der Waals surface area contributed by atoms with Crippen LogP contribution < -0.4 is 9.47 Å². The van der Waals surface area contributed by atoms with Gasteiger partial charge in [0.1, 0.15) is 5.82 Å². The van der Waals surface area contributed by atoms with E-state index in [0.29, 0.717) is 11.3 Å². The zero-order valence-electron chi connectivity index (χ0n) is 12.9. The van der Waals surface area contributed by atoms with Crippen LogP contribution in [0.15, 0.2) is 30.3 Å². The molecule has 0 saturated carbocycles. The summed E-state index contributed by atoms with van der Waals surface area (Å²) in [6, 6.07) is 7.22. The van der Waals surface area contributed by atoms with Crippen LogP contribution in [0.2, 0.25) is 5.02 Å². The van der Waals surface area contributed by atoms with E-state index in [4.69, 9.17) is 21.1 Å². The molecule has 5 nitrogen and oxygen atoms in total. The molecule has 0 bridgehead atoms. The van der Waals surface area contributed by atoms with Crippen molar-refractivity contribution in [2.75, 3.05) is 14.2 Å². The molecule has 0 aliphatic carbocycles. The van der Waals surface area contributed by atoms with Gasteiger partial charge in [-0.25, -0.2) is 4.39 Å². The normalized spacial score (nSPS) is 13.2. The Bertz CT molecular complexity index is 853. The van der Waals surface area contributed by atoms with Crippen molar-refractivity contribution >= 4 is 23.4 Å². The molecule has 2 aromatic rings. The number of amides is 2. The summed E-state index contributed by atoms with van der Waals surface area (Å²) in [4.78, 5) is 26.2. The van der Waals surface area contributed by atoms with Gasteiger partial charge in [-0.2, -0.15) is 0 Å². The Morgan fingerprint density at radius 3 is 2.46 bits per heavy atom. The van der Waals surface area contributed by atoms with Gasteiger partial charge in [0, 0.05) is 0 Å². The van der Waals surface area contributed by atoms with Crippen LogP contribution in [0.25, 0.3) is 0 Å². The van der Waals surface area contributed by atoms with E-state index in [1.54, 1.807) is 12.1 Å². The fraction of sp³-hybridized carbons (Fsp3) is 0.176. The van der Waals surface area contributed by atoms with Crippen LogP contribution >= 0.6 is 11.6 Å². The minimum Gasteiger partial charge on any atom is -0.493 e. The van der Waals surface area contributed by atoms with E-state index in [2.05, 4.69) is 0 Å². The van der Waals surface area contributed by atoms with Gasteiger partial charge < -0.3 is 9.47 Å². The van der Waals surface area contributed by atoms with Crippen molar-refractivity contribution in [1.29, 1.82) is 0 Å². The van der Waals surface area contributed by atoms with E-state index in [1.807, 2.05) is 0 Å². The number of methoxy groups -OCH3 is 2. The van der Waals surface area contributed by atoms with Gasteiger partial charge >= 0.3 is 0 Å². The van der Waals surface area contributed by atoms with Gasteiger partial charge in [0.25, 0.3) is 11.8 Å². The third-order valence-electron chi connectivity index (χ3n) is 3.80. The van der Waals surface area contributed by atoms with Gasteiger partial charge in [0.15, 0.2) is 11.5 Å². The molecule has 2 aromatic carbocycles. The summed E-state index contributed by atoms with van der Waals surface area (Å²) >= 11 is 5.65. The monoisotopic (exact) mass is 349 g/mol. The predicted octanol–water partition coefficient (Wildman–Crippen LogP) is 3.29. The number of benzene rings is 2. The zero-order chi connectivity index (χ0) is 17.4. The van der Waals surface area contributed by atoms with Crippen molar-refractivity contribution < 1.29 is 23.5 Å². The van der Waals surface area contributed by atoms with Gasteiger partial charge in [-0.15, -0.1) is 0 Å². The Kier molecular flexibility index (Phi) is 4.15. The minimum atomic E-state index is -0.606. The average molecular weight is 350 g/mol. The van der Waals surface area contributed by atoms with Crippen LogP contribution in [0.3, 0.4) is 0 Å². The van der Waals surface area contributed by atoms with Crippen LogP contribution in [0.1, 0.15) is 26.3 Å². The lowest BCUT2D eigenvalue weighted by atomic mass is 10.1. The molecular formula is C17H13ClFNO4. The van der Waals surface area contributed by atoms with Crippen molar-refractivity contribution in [3.63, 3.8) is 0 Å². The Morgan fingerprint density at radius 1 is 1.08 bits per heavy atom. The van der Waals surface area contributed by atoms with Gasteiger partial charge in [-0.1, -0.05) is 17.7 Å². The second-order valence-corrected chi connectivity index (χ2v) is 5.58. The number of carbonyl (C=O) groups excluding carboxylic acids is 2. The fourth-order valence-corrected chi connectivity index (χ4v) is 2.77. The number of hydrogen-bond donors (Lipinski definition) is 0. The van der Waals surface area contributed by atoms with Gasteiger partial charge in [0.2, 0.25) is 0 Å². The molecule has 0 atom stereocenters. The van der Waals surface area contributed by atoms with Crippen LogP contribution in [-0.2, 0) is 6.54 Å². The first-order valence-corrected chi connectivity index (χ1v) is 7.40. The molecule has 0 aromatic heterocycles. The number of rotatable bonds is 4. The lowest BCUT2D eigenvalue weighted by Gasteiger charge is -2.14. The van der Waals surface area contributed by atoms with Crippen LogP contribution in [0.5, 0.6) is 11.5 Å². The van der Waals surface area contributed by atoms with Gasteiger partial charge in [-0.3, -0.25) is 14.5 Å². The molecule has 0 radical (unpaired) electrons. The maximum Gasteiger partial charge on any atom is 0.265 e. The third-order valence-corrected chi connectivity index (χ3v) is 4.11. The molecule has 0 saturated heterocycles. The average Bonchev–Trinajstić information content (AvgIpc) is 2.82. The summed E-state index contributed by atoms with van der Waals surface area (Å²) < 4.78 is 24.0. The summed E-state index contributed by atoms with van der Waals surface area (Å²) in [6.07, 6.45) is 0. The molecule has 2 amide bonds. The van der Waals surface area contributed by atoms with Crippen molar-refractivity contribution in [2.45, 2.75) is 6.54 Å². The highest BCUT2D eigenvalue weighted by Crippen LogP contribution is 2.38.